The van der Waals surface area contributed by atoms with Crippen molar-refractivity contribution in [2.24, 2.45) is 16.8 Å². The minimum atomic E-state index is 0.275. The molecular weight excluding hydrogens is 374 g/mol. The average molecular weight is 414 g/mol. The number of nitrogens with one attached hydrogen (secondary N) is 2. The first-order chi connectivity index (χ1) is 14.6. The molecule has 1 aromatic rings. The summed E-state index contributed by atoms with van der Waals surface area (Å²) in [5.74, 6) is 2.36. The predicted molar refractivity (Wildman–Crippen MR) is 124 cm³/mol. The highest BCUT2D eigenvalue weighted by Crippen LogP contribution is 2.18. The Kier molecular flexibility index (Phi) is 9.00. The molecule has 0 radical (unpaired) electrons. The summed E-state index contributed by atoms with van der Waals surface area (Å²) in [6.45, 7) is 9.36. The van der Waals surface area contributed by atoms with Gasteiger partial charge in [-0.05, 0) is 56.8 Å². The molecule has 166 valence electrons. The fourth-order valence-corrected chi connectivity index (χ4v) is 4.37. The summed E-state index contributed by atoms with van der Waals surface area (Å²) >= 11 is 0. The fraction of sp³-hybridized carbons (Fsp3) is 0.667. The monoisotopic (exact) mass is 413 g/mol. The maximum absolute atomic E-state index is 12.3. The molecule has 6 heteroatoms. The van der Waals surface area contributed by atoms with Gasteiger partial charge in [-0.3, -0.25) is 9.79 Å². The summed E-state index contributed by atoms with van der Waals surface area (Å²) in [6.07, 6.45) is 5.35. The molecule has 3 rings (SSSR count). The number of aliphatic imine (C=N–C) groups is 1. The van der Waals surface area contributed by atoms with Crippen LogP contribution in [0.15, 0.2) is 35.3 Å². The largest absolute Gasteiger partial charge is 0.356 e. The first kappa shape index (κ1) is 22.6. The summed E-state index contributed by atoms with van der Waals surface area (Å²) in [5.41, 5.74) is 1.29. The first-order valence-corrected chi connectivity index (χ1v) is 11.6. The summed E-state index contributed by atoms with van der Waals surface area (Å²) in [7, 11) is 1.81. The quantitative estimate of drug-likeness (QED) is 0.371. The molecule has 1 unspecified atom stereocenters. The molecule has 2 saturated heterocycles. The van der Waals surface area contributed by atoms with Crippen LogP contribution in [0.25, 0.3) is 0 Å². The van der Waals surface area contributed by atoms with Crippen molar-refractivity contribution in [3.05, 3.63) is 35.9 Å². The Bertz CT molecular complexity index is 669. The molecule has 1 atom stereocenters. The van der Waals surface area contributed by atoms with E-state index in [9.17, 15) is 4.79 Å². The summed E-state index contributed by atoms with van der Waals surface area (Å²) in [6, 6.07) is 10.4. The van der Waals surface area contributed by atoms with Gasteiger partial charge in [-0.2, -0.15) is 0 Å². The minimum Gasteiger partial charge on any atom is -0.356 e. The Morgan fingerprint density at radius 3 is 2.63 bits per heavy atom. The van der Waals surface area contributed by atoms with Crippen LogP contribution in [-0.4, -0.2) is 74.5 Å². The van der Waals surface area contributed by atoms with E-state index in [-0.39, 0.29) is 5.91 Å². The summed E-state index contributed by atoms with van der Waals surface area (Å²) in [4.78, 5) is 21.3. The fourth-order valence-electron chi connectivity index (χ4n) is 4.37. The number of benzene rings is 1. The van der Waals surface area contributed by atoms with Crippen molar-refractivity contribution in [1.29, 1.82) is 0 Å². The summed E-state index contributed by atoms with van der Waals surface area (Å²) in [5, 5.41) is 6.84. The number of hydrogen-bond acceptors (Lipinski definition) is 3. The second kappa shape index (κ2) is 11.9. The zero-order chi connectivity index (χ0) is 21.2. The normalized spacial score (nSPS) is 21.3. The smallest absolute Gasteiger partial charge is 0.223 e. The number of amides is 1. The number of piperidine rings is 1. The molecule has 0 aromatic heterocycles. The van der Waals surface area contributed by atoms with Crippen LogP contribution in [0.3, 0.4) is 0 Å². The van der Waals surface area contributed by atoms with Crippen molar-refractivity contribution in [1.82, 2.24) is 20.4 Å². The zero-order valence-corrected chi connectivity index (χ0v) is 18.8. The molecule has 2 aliphatic rings. The molecule has 30 heavy (non-hydrogen) atoms. The van der Waals surface area contributed by atoms with Gasteiger partial charge in [-0.25, -0.2) is 0 Å². The highest BCUT2D eigenvalue weighted by atomic mass is 16.2. The molecule has 2 heterocycles. The van der Waals surface area contributed by atoms with Gasteiger partial charge < -0.3 is 20.4 Å². The van der Waals surface area contributed by atoms with Crippen molar-refractivity contribution in [3.63, 3.8) is 0 Å². The number of guanidine groups is 1. The maximum Gasteiger partial charge on any atom is 0.223 e. The topological polar surface area (TPSA) is 60.0 Å². The molecule has 0 spiro atoms. The van der Waals surface area contributed by atoms with Gasteiger partial charge in [-0.15, -0.1) is 0 Å². The van der Waals surface area contributed by atoms with Gasteiger partial charge in [0.1, 0.15) is 0 Å². The predicted octanol–water partition coefficient (Wildman–Crippen LogP) is 2.36. The lowest BCUT2D eigenvalue weighted by atomic mass is 9.99. The van der Waals surface area contributed by atoms with Crippen molar-refractivity contribution >= 4 is 11.9 Å². The number of hydrogen-bond donors (Lipinski definition) is 2. The molecule has 6 nitrogen and oxygen atoms in total. The van der Waals surface area contributed by atoms with E-state index in [1.165, 1.54) is 31.5 Å². The van der Waals surface area contributed by atoms with Crippen molar-refractivity contribution in [2.45, 2.75) is 39.0 Å². The average Bonchev–Trinajstić information content (AvgIpc) is 3.13. The van der Waals surface area contributed by atoms with Gasteiger partial charge in [0.15, 0.2) is 5.96 Å². The van der Waals surface area contributed by atoms with Gasteiger partial charge in [0.25, 0.3) is 0 Å². The van der Waals surface area contributed by atoms with Crippen molar-refractivity contribution < 1.29 is 4.79 Å². The lowest BCUT2D eigenvalue weighted by molar-refractivity contribution is -0.127. The van der Waals surface area contributed by atoms with E-state index in [0.29, 0.717) is 12.3 Å². The van der Waals surface area contributed by atoms with Crippen LogP contribution in [0.2, 0.25) is 0 Å². The van der Waals surface area contributed by atoms with Crippen LogP contribution in [0.5, 0.6) is 0 Å². The summed E-state index contributed by atoms with van der Waals surface area (Å²) < 4.78 is 0. The third-order valence-electron chi connectivity index (χ3n) is 6.41. The Labute approximate surface area is 182 Å². The lowest BCUT2D eigenvalue weighted by Crippen LogP contribution is -2.41. The Morgan fingerprint density at radius 1 is 1.13 bits per heavy atom. The van der Waals surface area contributed by atoms with Crippen molar-refractivity contribution in [2.75, 3.05) is 52.9 Å². The third kappa shape index (κ3) is 7.31. The molecule has 1 amide bonds. The number of likely N-dealkylation sites (tertiary alicyclic amines) is 2. The third-order valence-corrected chi connectivity index (χ3v) is 6.41. The maximum atomic E-state index is 12.3. The Morgan fingerprint density at radius 2 is 1.90 bits per heavy atom. The van der Waals surface area contributed by atoms with Crippen LogP contribution in [0.1, 0.15) is 38.2 Å². The second-order valence-electron chi connectivity index (χ2n) is 8.90. The van der Waals surface area contributed by atoms with Gasteiger partial charge in [0, 0.05) is 45.6 Å². The van der Waals surface area contributed by atoms with E-state index < -0.39 is 0 Å². The standard InChI is InChI=1S/C24H39N5O/c1-20-9-14-28(15-10-20)13-6-12-26-24(25-2)27-18-22-17-23(30)29(19-22)16-11-21-7-4-3-5-8-21/h3-5,7-8,20,22H,6,9-19H2,1-2H3,(H2,25,26,27). The van der Waals surface area contributed by atoms with E-state index in [0.717, 1.165) is 57.4 Å². The van der Waals surface area contributed by atoms with Gasteiger partial charge in [0.2, 0.25) is 5.91 Å². The second-order valence-corrected chi connectivity index (χ2v) is 8.90. The number of nitrogens with zero attached hydrogens (tertiary/aromatic N) is 3. The number of carbonyl (C=O) groups excluding carboxylic acids is 1. The Balaban J connectivity index is 1.29. The number of carbonyl (C=O) groups is 1. The van der Waals surface area contributed by atoms with E-state index in [1.54, 1.807) is 0 Å². The molecule has 1 aromatic carbocycles. The molecule has 0 bridgehead atoms. The van der Waals surface area contributed by atoms with Crippen molar-refractivity contribution in [3.8, 4) is 0 Å². The lowest BCUT2D eigenvalue weighted by Gasteiger charge is -2.30. The molecule has 0 aliphatic carbocycles. The first-order valence-electron chi connectivity index (χ1n) is 11.6. The van der Waals surface area contributed by atoms with Crippen LogP contribution in [0, 0.1) is 11.8 Å². The van der Waals surface area contributed by atoms with Gasteiger partial charge >= 0.3 is 0 Å². The van der Waals surface area contributed by atoms with E-state index in [2.05, 4.69) is 51.7 Å². The van der Waals surface area contributed by atoms with Gasteiger partial charge in [-0.1, -0.05) is 37.3 Å². The highest BCUT2D eigenvalue weighted by Gasteiger charge is 2.29. The van der Waals surface area contributed by atoms with E-state index in [4.69, 9.17) is 0 Å². The van der Waals surface area contributed by atoms with Crippen LogP contribution in [0.4, 0.5) is 0 Å². The molecule has 2 aliphatic heterocycles. The van der Waals surface area contributed by atoms with E-state index in [1.807, 2.05) is 18.0 Å². The van der Waals surface area contributed by atoms with Crippen LogP contribution >= 0.6 is 0 Å². The van der Waals surface area contributed by atoms with Gasteiger partial charge in [0.05, 0.1) is 0 Å². The van der Waals surface area contributed by atoms with E-state index >= 15 is 0 Å². The molecule has 0 saturated carbocycles. The zero-order valence-electron chi connectivity index (χ0n) is 18.8. The minimum absolute atomic E-state index is 0.275. The van der Waals surface area contributed by atoms with Crippen LogP contribution in [-0.2, 0) is 11.2 Å². The molecule has 2 N–H and O–H groups in total. The molecular formula is C24H39N5O. The highest BCUT2D eigenvalue weighted by molar-refractivity contribution is 5.80. The SMILES string of the molecule is CN=C(NCCCN1CCC(C)CC1)NCC1CC(=O)N(CCc2ccccc2)C1. The number of rotatable bonds is 9. The Hall–Kier alpha value is -2.08. The van der Waals surface area contributed by atoms with Crippen LogP contribution < -0.4 is 10.6 Å². The molecule has 2 fully saturated rings.